The van der Waals surface area contributed by atoms with Crippen LogP contribution in [0, 0.1) is 5.41 Å². The Bertz CT molecular complexity index is 608. The zero-order chi connectivity index (χ0) is 19.1. The third kappa shape index (κ3) is 5.31. The molecule has 6 heteroatoms. The first-order valence-corrected chi connectivity index (χ1v) is 8.40. The van der Waals surface area contributed by atoms with Gasteiger partial charge in [-0.05, 0) is 12.0 Å². The highest BCUT2D eigenvalue weighted by Gasteiger charge is 2.41. The normalized spacial score (nSPS) is 13.5. The summed E-state index contributed by atoms with van der Waals surface area (Å²) in [4.78, 5) is 36.6. The molecule has 0 aliphatic carbocycles. The van der Waals surface area contributed by atoms with Gasteiger partial charge in [0.2, 0.25) is 11.8 Å². The summed E-state index contributed by atoms with van der Waals surface area (Å²) in [6.07, 6.45) is 0.428. The maximum atomic E-state index is 12.4. The van der Waals surface area contributed by atoms with Gasteiger partial charge in [0.05, 0.1) is 7.11 Å². The minimum Gasteiger partial charge on any atom is -0.467 e. The van der Waals surface area contributed by atoms with Crippen molar-refractivity contribution >= 4 is 17.8 Å². The van der Waals surface area contributed by atoms with Gasteiger partial charge in [-0.2, -0.15) is 0 Å². The Hall–Kier alpha value is -2.37. The van der Waals surface area contributed by atoms with E-state index in [-0.39, 0.29) is 24.8 Å². The Labute approximate surface area is 149 Å². The quantitative estimate of drug-likeness (QED) is 0.739. The fraction of sp³-hybridized carbons (Fsp3) is 0.526. The Morgan fingerprint density at radius 3 is 2.16 bits per heavy atom. The lowest BCUT2D eigenvalue weighted by molar-refractivity contribution is -0.152. The summed E-state index contributed by atoms with van der Waals surface area (Å²) in [5.74, 6) is -0.975. The average Bonchev–Trinajstić information content (AvgIpc) is 2.58. The van der Waals surface area contributed by atoms with E-state index in [1.807, 2.05) is 13.0 Å². The minimum absolute atomic E-state index is 0.0768. The van der Waals surface area contributed by atoms with Gasteiger partial charge in [0, 0.05) is 18.4 Å². The number of carbonyl (C=O) groups is 3. The number of esters is 1. The SMILES string of the molecule is CC[C@](NC(=O)CCNC(=O)C(C)(C)C)(C(=O)OC)c1ccccc1. The van der Waals surface area contributed by atoms with Gasteiger partial charge < -0.3 is 15.4 Å². The first kappa shape index (κ1) is 20.7. The van der Waals surface area contributed by atoms with Crippen LogP contribution in [-0.2, 0) is 24.7 Å². The van der Waals surface area contributed by atoms with Crippen molar-refractivity contribution in [1.82, 2.24) is 10.6 Å². The maximum absolute atomic E-state index is 12.4. The third-order valence-electron chi connectivity index (χ3n) is 4.00. The van der Waals surface area contributed by atoms with Crippen LogP contribution in [0.5, 0.6) is 0 Å². The number of ether oxygens (including phenoxy) is 1. The van der Waals surface area contributed by atoms with Crippen LogP contribution in [0.25, 0.3) is 0 Å². The molecule has 1 aromatic carbocycles. The van der Waals surface area contributed by atoms with Crippen LogP contribution < -0.4 is 10.6 Å². The molecule has 0 bridgehead atoms. The second-order valence-corrected chi connectivity index (χ2v) is 6.92. The monoisotopic (exact) mass is 348 g/mol. The van der Waals surface area contributed by atoms with Gasteiger partial charge in [0.25, 0.3) is 0 Å². The largest absolute Gasteiger partial charge is 0.467 e. The number of benzene rings is 1. The number of nitrogens with one attached hydrogen (secondary N) is 2. The van der Waals surface area contributed by atoms with E-state index in [1.54, 1.807) is 45.0 Å². The Morgan fingerprint density at radius 2 is 1.68 bits per heavy atom. The van der Waals surface area contributed by atoms with Crippen molar-refractivity contribution in [3.63, 3.8) is 0 Å². The van der Waals surface area contributed by atoms with Crippen LogP contribution in [0.2, 0.25) is 0 Å². The van der Waals surface area contributed by atoms with E-state index >= 15 is 0 Å². The van der Waals surface area contributed by atoms with E-state index < -0.39 is 16.9 Å². The molecule has 0 heterocycles. The molecule has 0 saturated heterocycles. The minimum atomic E-state index is -1.23. The van der Waals surface area contributed by atoms with E-state index in [4.69, 9.17) is 4.74 Å². The molecule has 1 aromatic rings. The Balaban J connectivity index is 2.84. The summed E-state index contributed by atoms with van der Waals surface area (Å²) in [5, 5.41) is 5.52. The van der Waals surface area contributed by atoms with Crippen LogP contribution >= 0.6 is 0 Å². The van der Waals surface area contributed by atoms with Crippen LogP contribution in [0.15, 0.2) is 30.3 Å². The lowest BCUT2D eigenvalue weighted by Crippen LogP contribution is -2.52. The summed E-state index contributed by atoms with van der Waals surface area (Å²) in [5.41, 5.74) is -1.09. The van der Waals surface area contributed by atoms with Gasteiger partial charge in [0.1, 0.15) is 0 Å². The summed E-state index contributed by atoms with van der Waals surface area (Å²) in [7, 11) is 1.30. The number of carbonyl (C=O) groups excluding carboxylic acids is 3. The highest BCUT2D eigenvalue weighted by Crippen LogP contribution is 2.26. The topological polar surface area (TPSA) is 84.5 Å². The fourth-order valence-corrected chi connectivity index (χ4v) is 2.43. The molecule has 0 spiro atoms. The number of hydrogen-bond donors (Lipinski definition) is 2. The van der Waals surface area contributed by atoms with Gasteiger partial charge in [0.15, 0.2) is 5.54 Å². The molecule has 0 unspecified atom stereocenters. The zero-order valence-electron chi connectivity index (χ0n) is 15.6. The lowest BCUT2D eigenvalue weighted by Gasteiger charge is -2.31. The van der Waals surface area contributed by atoms with Gasteiger partial charge in [-0.1, -0.05) is 58.0 Å². The van der Waals surface area contributed by atoms with Crippen LogP contribution in [0.3, 0.4) is 0 Å². The van der Waals surface area contributed by atoms with E-state index in [1.165, 1.54) is 7.11 Å². The smallest absolute Gasteiger partial charge is 0.336 e. The Morgan fingerprint density at radius 1 is 1.08 bits per heavy atom. The average molecular weight is 348 g/mol. The van der Waals surface area contributed by atoms with E-state index in [9.17, 15) is 14.4 Å². The molecule has 2 N–H and O–H groups in total. The molecule has 25 heavy (non-hydrogen) atoms. The predicted octanol–water partition coefficient (Wildman–Crippen LogP) is 2.13. The molecule has 0 aliphatic rings. The van der Waals surface area contributed by atoms with Crippen molar-refractivity contribution < 1.29 is 19.1 Å². The lowest BCUT2D eigenvalue weighted by atomic mass is 9.87. The molecule has 2 amide bonds. The maximum Gasteiger partial charge on any atom is 0.336 e. The van der Waals surface area contributed by atoms with E-state index in [0.29, 0.717) is 12.0 Å². The first-order chi connectivity index (χ1) is 11.7. The van der Waals surface area contributed by atoms with E-state index in [0.717, 1.165) is 0 Å². The predicted molar refractivity (Wildman–Crippen MR) is 95.7 cm³/mol. The number of amides is 2. The second kappa shape index (κ2) is 8.65. The number of rotatable bonds is 7. The standard InChI is InChI=1S/C19H28N2O4/c1-6-19(17(24)25-5,14-10-8-7-9-11-14)21-15(22)12-13-20-16(23)18(2,3)4/h7-11H,6,12-13H2,1-5H3,(H,20,23)(H,21,22)/t19-/m1/s1. The zero-order valence-corrected chi connectivity index (χ0v) is 15.6. The molecule has 1 atom stereocenters. The molecule has 0 fully saturated rings. The van der Waals surface area contributed by atoms with Crippen LogP contribution in [0.4, 0.5) is 0 Å². The Kier molecular flexibility index (Phi) is 7.15. The van der Waals surface area contributed by atoms with Crippen molar-refractivity contribution in [2.45, 2.75) is 46.1 Å². The highest BCUT2D eigenvalue weighted by molar-refractivity contribution is 5.89. The van der Waals surface area contributed by atoms with Gasteiger partial charge in [-0.15, -0.1) is 0 Å². The van der Waals surface area contributed by atoms with Gasteiger partial charge in [-0.3, -0.25) is 9.59 Å². The molecule has 6 nitrogen and oxygen atoms in total. The van der Waals surface area contributed by atoms with Gasteiger partial charge >= 0.3 is 5.97 Å². The number of hydrogen-bond acceptors (Lipinski definition) is 4. The molecule has 1 rings (SSSR count). The van der Waals surface area contributed by atoms with Crippen molar-refractivity contribution in [2.75, 3.05) is 13.7 Å². The van der Waals surface area contributed by atoms with Crippen molar-refractivity contribution in [1.29, 1.82) is 0 Å². The fourth-order valence-electron chi connectivity index (χ4n) is 2.43. The van der Waals surface area contributed by atoms with E-state index in [2.05, 4.69) is 10.6 Å². The van der Waals surface area contributed by atoms with Crippen molar-refractivity contribution in [3.8, 4) is 0 Å². The highest BCUT2D eigenvalue weighted by atomic mass is 16.5. The first-order valence-electron chi connectivity index (χ1n) is 8.40. The van der Waals surface area contributed by atoms with Crippen LogP contribution in [-0.4, -0.2) is 31.4 Å². The molecular weight excluding hydrogens is 320 g/mol. The molecule has 0 saturated carbocycles. The van der Waals surface area contributed by atoms with Crippen molar-refractivity contribution in [2.24, 2.45) is 5.41 Å². The summed E-state index contributed by atoms with van der Waals surface area (Å²) in [6, 6.07) is 9.01. The molecule has 0 aliphatic heterocycles. The second-order valence-electron chi connectivity index (χ2n) is 6.92. The molecule has 0 aromatic heterocycles. The summed E-state index contributed by atoms with van der Waals surface area (Å²) < 4.78 is 4.93. The molecule has 0 radical (unpaired) electrons. The van der Waals surface area contributed by atoms with Crippen molar-refractivity contribution in [3.05, 3.63) is 35.9 Å². The van der Waals surface area contributed by atoms with Crippen LogP contribution in [0.1, 0.15) is 46.1 Å². The molecule has 138 valence electrons. The summed E-state index contributed by atoms with van der Waals surface area (Å²) >= 11 is 0. The number of methoxy groups -OCH3 is 1. The van der Waals surface area contributed by atoms with Gasteiger partial charge in [-0.25, -0.2) is 4.79 Å². The summed E-state index contributed by atoms with van der Waals surface area (Å²) in [6.45, 7) is 7.43. The third-order valence-corrected chi connectivity index (χ3v) is 4.00. The molecular formula is C19H28N2O4.